The molecule has 0 aromatic heterocycles. The fourth-order valence-electron chi connectivity index (χ4n) is 1.14. The van der Waals surface area contributed by atoms with E-state index in [2.05, 4.69) is 10.6 Å². The molecule has 0 spiro atoms. The van der Waals surface area contributed by atoms with Gasteiger partial charge in [0.1, 0.15) is 6.04 Å². The Morgan fingerprint density at radius 3 is 2.06 bits per heavy atom. The van der Waals surface area contributed by atoms with Crippen LogP contribution in [0.25, 0.3) is 0 Å². The molecular weight excluding hydrogens is 238 g/mol. The van der Waals surface area contributed by atoms with Gasteiger partial charge in [-0.05, 0) is 5.41 Å². The highest BCUT2D eigenvalue weighted by atomic mass is 16.4. The fraction of sp³-hybridized carbons (Fsp3) is 0.727. The smallest absolute Gasteiger partial charge is 0.326 e. The predicted molar refractivity (Wildman–Crippen MR) is 66.1 cm³/mol. The Balaban J connectivity index is 4.37. The molecule has 0 aromatic rings. The van der Waals surface area contributed by atoms with Crippen molar-refractivity contribution in [2.24, 2.45) is 5.41 Å². The summed E-state index contributed by atoms with van der Waals surface area (Å²) in [6.07, 6.45) is 0. The molecule has 0 aliphatic rings. The molecule has 18 heavy (non-hydrogen) atoms. The van der Waals surface area contributed by atoms with Crippen LogP contribution in [0.1, 0.15) is 20.8 Å². The number of aliphatic carboxylic acids is 1. The summed E-state index contributed by atoms with van der Waals surface area (Å²) < 4.78 is 0. The van der Waals surface area contributed by atoms with Crippen LogP contribution in [0.15, 0.2) is 0 Å². The van der Waals surface area contributed by atoms with Gasteiger partial charge in [-0.1, -0.05) is 20.8 Å². The van der Waals surface area contributed by atoms with E-state index >= 15 is 0 Å². The molecule has 7 nitrogen and oxygen atoms in total. The maximum atomic E-state index is 11.5. The van der Waals surface area contributed by atoms with E-state index in [1.807, 2.05) is 0 Å². The van der Waals surface area contributed by atoms with Gasteiger partial charge in [0.2, 0.25) is 5.91 Å². The monoisotopic (exact) mass is 259 g/mol. The maximum absolute atomic E-state index is 11.5. The first-order valence-electron chi connectivity index (χ1n) is 5.53. The summed E-state index contributed by atoms with van der Waals surface area (Å²) in [5.41, 5.74) is -0.616. The van der Waals surface area contributed by atoms with Crippen molar-refractivity contribution < 1.29 is 19.5 Å². The molecule has 1 unspecified atom stereocenters. The van der Waals surface area contributed by atoms with Gasteiger partial charge in [0.15, 0.2) is 0 Å². The molecule has 0 aromatic carbocycles. The molecule has 1 atom stereocenters. The van der Waals surface area contributed by atoms with Crippen molar-refractivity contribution in [3.8, 4) is 0 Å². The Kier molecular flexibility index (Phi) is 5.61. The van der Waals surface area contributed by atoms with E-state index in [1.54, 1.807) is 34.9 Å². The molecule has 7 heteroatoms. The van der Waals surface area contributed by atoms with E-state index in [1.165, 1.54) is 4.90 Å². The SMILES string of the molecule is CN(C)C(=O)CNC(=O)NC(C(=O)O)C(C)(C)C. The zero-order valence-corrected chi connectivity index (χ0v) is 11.4. The van der Waals surface area contributed by atoms with Gasteiger partial charge in [-0.2, -0.15) is 0 Å². The number of carbonyl (C=O) groups excluding carboxylic acids is 2. The van der Waals surface area contributed by atoms with Crippen LogP contribution in [0.4, 0.5) is 4.79 Å². The van der Waals surface area contributed by atoms with Crippen LogP contribution in [0.2, 0.25) is 0 Å². The van der Waals surface area contributed by atoms with E-state index in [9.17, 15) is 14.4 Å². The van der Waals surface area contributed by atoms with Crippen LogP contribution in [0.5, 0.6) is 0 Å². The highest BCUT2D eigenvalue weighted by Crippen LogP contribution is 2.19. The van der Waals surface area contributed by atoms with Crippen LogP contribution < -0.4 is 10.6 Å². The molecular formula is C11H21N3O4. The molecule has 0 rings (SSSR count). The molecule has 0 fully saturated rings. The maximum Gasteiger partial charge on any atom is 0.326 e. The number of carbonyl (C=O) groups is 3. The normalized spacial score (nSPS) is 12.5. The molecule has 0 bridgehead atoms. The quantitative estimate of drug-likeness (QED) is 0.655. The molecule has 3 N–H and O–H groups in total. The molecule has 0 aliphatic carbocycles. The van der Waals surface area contributed by atoms with Gasteiger partial charge in [0, 0.05) is 14.1 Å². The number of carboxylic acid groups (broad SMARTS) is 1. The molecule has 0 radical (unpaired) electrons. The van der Waals surface area contributed by atoms with Crippen LogP contribution in [0.3, 0.4) is 0 Å². The first-order valence-corrected chi connectivity index (χ1v) is 5.53. The number of likely N-dealkylation sites (N-methyl/N-ethyl adjacent to an activating group) is 1. The Morgan fingerprint density at radius 1 is 1.22 bits per heavy atom. The summed E-state index contributed by atoms with van der Waals surface area (Å²) in [7, 11) is 3.13. The van der Waals surface area contributed by atoms with Gasteiger partial charge in [-0.15, -0.1) is 0 Å². The summed E-state index contributed by atoms with van der Waals surface area (Å²) in [5, 5.41) is 13.7. The average molecular weight is 259 g/mol. The van der Waals surface area contributed by atoms with Crippen LogP contribution in [-0.4, -0.2) is 54.6 Å². The number of amides is 3. The lowest BCUT2D eigenvalue weighted by atomic mass is 9.87. The van der Waals surface area contributed by atoms with Gasteiger partial charge >= 0.3 is 12.0 Å². The molecule has 0 saturated heterocycles. The van der Waals surface area contributed by atoms with Crippen molar-refractivity contribution in [1.29, 1.82) is 0 Å². The minimum Gasteiger partial charge on any atom is -0.480 e. The number of hydrogen-bond donors (Lipinski definition) is 3. The zero-order chi connectivity index (χ0) is 14.5. The molecule has 3 amide bonds. The molecule has 0 aliphatic heterocycles. The van der Waals surface area contributed by atoms with E-state index in [0.717, 1.165) is 0 Å². The number of hydrogen-bond acceptors (Lipinski definition) is 3. The van der Waals surface area contributed by atoms with Crippen molar-refractivity contribution in [1.82, 2.24) is 15.5 Å². The lowest BCUT2D eigenvalue weighted by Crippen LogP contribution is -2.53. The highest BCUT2D eigenvalue weighted by molar-refractivity contribution is 5.86. The van der Waals surface area contributed by atoms with Crippen molar-refractivity contribution in [3.05, 3.63) is 0 Å². The Hall–Kier alpha value is -1.79. The third-order valence-electron chi connectivity index (χ3n) is 2.29. The standard InChI is InChI=1S/C11H21N3O4/c1-11(2,3)8(9(16)17)13-10(18)12-6-7(15)14(4)5/h8H,6H2,1-5H3,(H,16,17)(H2,12,13,18). The summed E-state index contributed by atoms with van der Waals surface area (Å²) >= 11 is 0. The Labute approximate surface area is 107 Å². The summed E-state index contributed by atoms with van der Waals surface area (Å²) in [6.45, 7) is 4.94. The number of carboxylic acids is 1. The van der Waals surface area contributed by atoms with E-state index < -0.39 is 23.5 Å². The van der Waals surface area contributed by atoms with Gasteiger partial charge in [-0.3, -0.25) is 4.79 Å². The highest BCUT2D eigenvalue weighted by Gasteiger charge is 2.32. The number of rotatable bonds is 4. The molecule has 104 valence electrons. The Morgan fingerprint density at radius 2 is 1.72 bits per heavy atom. The van der Waals surface area contributed by atoms with Crippen molar-refractivity contribution in [2.75, 3.05) is 20.6 Å². The number of nitrogens with zero attached hydrogens (tertiary/aromatic N) is 1. The minimum absolute atomic E-state index is 0.171. The zero-order valence-electron chi connectivity index (χ0n) is 11.4. The van der Waals surface area contributed by atoms with Crippen LogP contribution in [0, 0.1) is 5.41 Å². The summed E-state index contributed by atoms with van der Waals surface area (Å²) in [6, 6.07) is -1.69. The van der Waals surface area contributed by atoms with E-state index in [4.69, 9.17) is 5.11 Å². The third kappa shape index (κ3) is 5.51. The second-order valence-corrected chi connectivity index (χ2v) is 5.25. The first kappa shape index (κ1) is 16.2. The van der Waals surface area contributed by atoms with Gasteiger partial charge in [0.25, 0.3) is 0 Å². The van der Waals surface area contributed by atoms with Crippen molar-refractivity contribution in [2.45, 2.75) is 26.8 Å². The fourth-order valence-corrected chi connectivity index (χ4v) is 1.14. The molecule has 0 heterocycles. The second-order valence-electron chi connectivity index (χ2n) is 5.25. The minimum atomic E-state index is -1.11. The summed E-state index contributed by atoms with van der Waals surface area (Å²) in [4.78, 5) is 35.0. The van der Waals surface area contributed by atoms with Crippen LogP contribution in [-0.2, 0) is 9.59 Å². The average Bonchev–Trinajstić information content (AvgIpc) is 2.20. The van der Waals surface area contributed by atoms with Gasteiger partial charge in [0.05, 0.1) is 6.54 Å². The second kappa shape index (κ2) is 6.23. The van der Waals surface area contributed by atoms with Crippen LogP contribution >= 0.6 is 0 Å². The predicted octanol–water partition coefficient (Wildman–Crippen LogP) is -0.127. The van der Waals surface area contributed by atoms with E-state index in [0.29, 0.717) is 0 Å². The van der Waals surface area contributed by atoms with Crippen molar-refractivity contribution in [3.63, 3.8) is 0 Å². The number of nitrogens with one attached hydrogen (secondary N) is 2. The summed E-state index contributed by atoms with van der Waals surface area (Å²) in [5.74, 6) is -1.38. The number of urea groups is 1. The molecule has 0 saturated carbocycles. The topological polar surface area (TPSA) is 98.7 Å². The van der Waals surface area contributed by atoms with E-state index in [-0.39, 0.29) is 12.5 Å². The lowest BCUT2D eigenvalue weighted by molar-refractivity contribution is -0.141. The van der Waals surface area contributed by atoms with Crippen molar-refractivity contribution >= 4 is 17.9 Å². The largest absolute Gasteiger partial charge is 0.480 e. The van der Waals surface area contributed by atoms with Gasteiger partial charge in [-0.25, -0.2) is 9.59 Å². The Bertz CT molecular complexity index is 334. The van der Waals surface area contributed by atoms with Gasteiger partial charge < -0.3 is 20.6 Å². The lowest BCUT2D eigenvalue weighted by Gasteiger charge is -2.27. The first-order chi connectivity index (χ1) is 8.05. The third-order valence-corrected chi connectivity index (χ3v) is 2.29.